The number of rotatable bonds is 2. The SMILES string of the molecule is O=C(O)c1ccc(N2CCCC2=O)cc1C(F)(F)F. The summed E-state index contributed by atoms with van der Waals surface area (Å²) in [4.78, 5) is 23.5. The van der Waals surface area contributed by atoms with Crippen LogP contribution in [0.3, 0.4) is 0 Å². The first-order valence-electron chi connectivity index (χ1n) is 5.55. The van der Waals surface area contributed by atoms with E-state index in [9.17, 15) is 22.8 Å². The van der Waals surface area contributed by atoms with Crippen LogP contribution in [-0.4, -0.2) is 23.5 Å². The maximum absolute atomic E-state index is 12.8. The number of nitrogens with zero attached hydrogens (tertiary/aromatic N) is 1. The molecule has 0 bridgehead atoms. The highest BCUT2D eigenvalue weighted by molar-refractivity contribution is 5.96. The van der Waals surface area contributed by atoms with Crippen LogP contribution in [0, 0.1) is 0 Å². The van der Waals surface area contributed by atoms with Gasteiger partial charge in [0.05, 0.1) is 11.1 Å². The number of aromatic carboxylic acids is 1. The lowest BCUT2D eigenvalue weighted by molar-refractivity contribution is -0.138. The molecule has 1 amide bonds. The first kappa shape index (κ1) is 13.4. The topological polar surface area (TPSA) is 57.6 Å². The molecule has 1 fully saturated rings. The molecule has 7 heteroatoms. The predicted molar refractivity (Wildman–Crippen MR) is 60.0 cm³/mol. The van der Waals surface area contributed by atoms with Crippen LogP contribution >= 0.6 is 0 Å². The van der Waals surface area contributed by atoms with Gasteiger partial charge in [-0.25, -0.2) is 4.79 Å². The quantitative estimate of drug-likeness (QED) is 0.900. The molecule has 1 saturated heterocycles. The molecule has 102 valence electrons. The summed E-state index contributed by atoms with van der Waals surface area (Å²) >= 11 is 0. The van der Waals surface area contributed by atoms with Gasteiger partial charge in [-0.2, -0.15) is 13.2 Å². The summed E-state index contributed by atoms with van der Waals surface area (Å²) in [5.41, 5.74) is -1.97. The molecule has 0 aromatic heterocycles. The van der Waals surface area contributed by atoms with Gasteiger partial charge in [0.25, 0.3) is 0 Å². The van der Waals surface area contributed by atoms with Crippen LogP contribution in [0.2, 0.25) is 0 Å². The van der Waals surface area contributed by atoms with Gasteiger partial charge in [-0.05, 0) is 24.6 Å². The second-order valence-electron chi connectivity index (χ2n) is 4.18. The zero-order valence-electron chi connectivity index (χ0n) is 9.70. The summed E-state index contributed by atoms with van der Waals surface area (Å²) in [5.74, 6) is -1.90. The Kier molecular flexibility index (Phi) is 3.21. The number of alkyl halides is 3. The van der Waals surface area contributed by atoms with Gasteiger partial charge in [0.15, 0.2) is 0 Å². The van der Waals surface area contributed by atoms with Crippen molar-refractivity contribution in [2.75, 3.05) is 11.4 Å². The van der Waals surface area contributed by atoms with E-state index in [0.717, 1.165) is 6.07 Å². The molecule has 0 radical (unpaired) electrons. The van der Waals surface area contributed by atoms with E-state index in [1.165, 1.54) is 11.0 Å². The molecule has 0 atom stereocenters. The first-order valence-corrected chi connectivity index (χ1v) is 5.55. The average Bonchev–Trinajstić information content (AvgIpc) is 2.73. The summed E-state index contributed by atoms with van der Waals surface area (Å²) < 4.78 is 38.4. The number of hydrogen-bond acceptors (Lipinski definition) is 2. The molecule has 1 heterocycles. The van der Waals surface area contributed by atoms with Gasteiger partial charge in [-0.15, -0.1) is 0 Å². The first-order chi connectivity index (χ1) is 8.80. The zero-order chi connectivity index (χ0) is 14.2. The number of hydrogen-bond donors (Lipinski definition) is 1. The summed E-state index contributed by atoms with van der Waals surface area (Å²) in [7, 11) is 0. The lowest BCUT2D eigenvalue weighted by Crippen LogP contribution is -2.24. The average molecular weight is 273 g/mol. The van der Waals surface area contributed by atoms with Gasteiger partial charge in [0, 0.05) is 18.7 Å². The molecule has 1 aromatic rings. The van der Waals surface area contributed by atoms with Gasteiger partial charge in [0.2, 0.25) is 5.91 Å². The molecule has 0 aliphatic carbocycles. The molecular formula is C12H10F3NO3. The van der Waals surface area contributed by atoms with Crippen LogP contribution in [0.15, 0.2) is 18.2 Å². The van der Waals surface area contributed by atoms with E-state index in [2.05, 4.69) is 0 Å². The number of halogens is 3. The van der Waals surface area contributed by atoms with E-state index in [1.807, 2.05) is 0 Å². The summed E-state index contributed by atoms with van der Waals surface area (Å²) in [5, 5.41) is 8.76. The minimum absolute atomic E-state index is 0.0832. The van der Waals surface area contributed by atoms with E-state index in [-0.39, 0.29) is 11.6 Å². The Labute approximate surface area is 106 Å². The Morgan fingerprint density at radius 1 is 1.32 bits per heavy atom. The van der Waals surface area contributed by atoms with Crippen molar-refractivity contribution in [2.45, 2.75) is 19.0 Å². The molecule has 0 unspecified atom stereocenters. The normalized spacial score (nSPS) is 15.9. The van der Waals surface area contributed by atoms with Crippen LogP contribution < -0.4 is 4.90 Å². The highest BCUT2D eigenvalue weighted by atomic mass is 19.4. The van der Waals surface area contributed by atoms with E-state index in [4.69, 9.17) is 5.11 Å². The predicted octanol–water partition coefficient (Wildman–Crippen LogP) is 2.53. The molecule has 0 spiro atoms. The van der Waals surface area contributed by atoms with Gasteiger partial charge in [-0.3, -0.25) is 4.79 Å². The van der Waals surface area contributed by atoms with Crippen molar-refractivity contribution in [3.05, 3.63) is 29.3 Å². The third kappa shape index (κ3) is 2.54. The Morgan fingerprint density at radius 3 is 2.47 bits per heavy atom. The number of carboxylic acid groups (broad SMARTS) is 1. The van der Waals surface area contributed by atoms with Crippen LogP contribution in [0.5, 0.6) is 0 Å². The maximum atomic E-state index is 12.8. The number of carbonyl (C=O) groups is 2. The van der Waals surface area contributed by atoms with Crippen LogP contribution in [0.25, 0.3) is 0 Å². The van der Waals surface area contributed by atoms with Crippen molar-refractivity contribution in [1.82, 2.24) is 0 Å². The third-order valence-electron chi connectivity index (χ3n) is 2.92. The van der Waals surface area contributed by atoms with Crippen LogP contribution in [0.1, 0.15) is 28.8 Å². The Balaban J connectivity index is 2.49. The highest BCUT2D eigenvalue weighted by Gasteiger charge is 2.36. The molecule has 0 saturated carbocycles. The lowest BCUT2D eigenvalue weighted by atomic mass is 10.1. The molecule has 1 N–H and O–H groups in total. The summed E-state index contributed by atoms with van der Waals surface area (Å²) in [6, 6.07) is 2.82. The molecule has 1 aliphatic rings. The zero-order valence-corrected chi connectivity index (χ0v) is 9.70. The summed E-state index contributed by atoms with van der Waals surface area (Å²) in [6.45, 7) is 0.350. The Hall–Kier alpha value is -2.05. The van der Waals surface area contributed by atoms with E-state index < -0.39 is 23.3 Å². The van der Waals surface area contributed by atoms with Crippen LogP contribution in [0.4, 0.5) is 18.9 Å². The van der Waals surface area contributed by atoms with Crippen molar-refractivity contribution in [1.29, 1.82) is 0 Å². The van der Waals surface area contributed by atoms with Crippen molar-refractivity contribution in [3.8, 4) is 0 Å². The van der Waals surface area contributed by atoms with E-state index in [1.54, 1.807) is 0 Å². The molecule has 1 aliphatic heterocycles. The number of benzene rings is 1. The van der Waals surface area contributed by atoms with Crippen LogP contribution in [-0.2, 0) is 11.0 Å². The van der Waals surface area contributed by atoms with Gasteiger partial charge >= 0.3 is 12.1 Å². The van der Waals surface area contributed by atoms with Crippen molar-refractivity contribution in [2.24, 2.45) is 0 Å². The minimum Gasteiger partial charge on any atom is -0.478 e. The number of amides is 1. The van der Waals surface area contributed by atoms with Crippen molar-refractivity contribution >= 4 is 17.6 Å². The van der Waals surface area contributed by atoms with Gasteiger partial charge < -0.3 is 10.0 Å². The van der Waals surface area contributed by atoms with E-state index >= 15 is 0 Å². The second-order valence-corrected chi connectivity index (χ2v) is 4.18. The fourth-order valence-electron chi connectivity index (χ4n) is 2.04. The number of anilines is 1. The lowest BCUT2D eigenvalue weighted by Gasteiger charge is -2.18. The monoisotopic (exact) mass is 273 g/mol. The standard InChI is InChI=1S/C12H10F3NO3/c13-12(14,15)9-6-7(3-4-8(9)11(18)19)16-5-1-2-10(16)17/h3-4,6H,1-2,5H2,(H,18,19). The molecule has 1 aromatic carbocycles. The molecule has 2 rings (SSSR count). The Bertz CT molecular complexity index is 540. The highest BCUT2D eigenvalue weighted by Crippen LogP contribution is 2.35. The van der Waals surface area contributed by atoms with Gasteiger partial charge in [0.1, 0.15) is 0 Å². The number of carboxylic acids is 1. The smallest absolute Gasteiger partial charge is 0.417 e. The molecular weight excluding hydrogens is 263 g/mol. The fraction of sp³-hybridized carbons (Fsp3) is 0.333. The summed E-state index contributed by atoms with van der Waals surface area (Å²) in [6.07, 6.45) is -3.89. The third-order valence-corrected chi connectivity index (χ3v) is 2.92. The fourth-order valence-corrected chi connectivity index (χ4v) is 2.04. The van der Waals surface area contributed by atoms with Crippen molar-refractivity contribution < 1.29 is 27.9 Å². The molecule has 19 heavy (non-hydrogen) atoms. The largest absolute Gasteiger partial charge is 0.478 e. The second kappa shape index (κ2) is 4.56. The maximum Gasteiger partial charge on any atom is 0.417 e. The van der Waals surface area contributed by atoms with Crippen molar-refractivity contribution in [3.63, 3.8) is 0 Å². The number of carbonyl (C=O) groups excluding carboxylic acids is 1. The van der Waals surface area contributed by atoms with Gasteiger partial charge in [-0.1, -0.05) is 0 Å². The Morgan fingerprint density at radius 2 is 2.00 bits per heavy atom. The minimum atomic E-state index is -4.77. The molecule has 4 nitrogen and oxygen atoms in total. The van der Waals surface area contributed by atoms with E-state index in [0.29, 0.717) is 25.5 Å².